The van der Waals surface area contributed by atoms with E-state index in [1.807, 2.05) is 0 Å². The molecule has 0 saturated carbocycles. The van der Waals surface area contributed by atoms with Crippen LogP contribution in [-0.2, 0) is 4.79 Å². The number of rotatable bonds is 23. The van der Waals surface area contributed by atoms with Crippen LogP contribution in [0.15, 0.2) is 23.2 Å². The van der Waals surface area contributed by atoms with Crippen LogP contribution in [0.5, 0.6) is 0 Å². The minimum atomic E-state index is -10.7. The Morgan fingerprint density at radius 2 is 0.623 bits per heavy atom. The van der Waals surface area contributed by atoms with E-state index in [9.17, 15) is 190 Å². The van der Waals surface area contributed by atoms with Crippen molar-refractivity contribution in [3.8, 4) is 0 Å². The molecule has 0 fully saturated rings. The Morgan fingerprint density at radius 1 is 0.403 bits per heavy atom. The number of aliphatic imine (C=N–C) groups is 1. The summed E-state index contributed by atoms with van der Waals surface area (Å²) in [6.07, 6.45) is -11.2. The number of isocyanates is 1. The smallest absolute Gasteiger partial charge is 0.349 e. The third kappa shape index (κ3) is 8.86. The van der Waals surface area contributed by atoms with E-state index in [0.717, 1.165) is 30.5 Å². The van der Waals surface area contributed by atoms with Gasteiger partial charge in [-0.05, 0) is 25.5 Å². The van der Waals surface area contributed by atoms with Crippen LogP contribution in [0.1, 0.15) is 29.3 Å². The molecule has 0 aliphatic rings. The fourth-order valence-electron chi connectivity index (χ4n) is 5.51. The summed E-state index contributed by atoms with van der Waals surface area (Å²) in [5, 5.41) is 1.13. The summed E-state index contributed by atoms with van der Waals surface area (Å²) in [6.45, 7) is 0.824. The molecule has 45 heteroatoms. The molecule has 0 spiro atoms. The van der Waals surface area contributed by atoms with Gasteiger partial charge in [0, 0.05) is 12.5 Å². The second-order valence-electron chi connectivity index (χ2n) is 15.3. The number of nitrogens with zero attached hydrogens (tertiary/aromatic N) is 1. The minimum Gasteiger partial charge on any atom is -0.349 e. The summed E-state index contributed by atoms with van der Waals surface area (Å²) in [7, 11) is 0. The molecule has 1 amide bonds. The van der Waals surface area contributed by atoms with Crippen molar-refractivity contribution in [2.75, 3.05) is 0 Å². The highest BCUT2D eigenvalue weighted by atomic mass is 19.4. The Balaban J connectivity index is 4.03. The number of amides is 1. The lowest BCUT2D eigenvalue weighted by Crippen LogP contribution is -2.80. The molecule has 0 radical (unpaired) electrons. The number of nitrogens with one attached hydrogen (secondary N) is 1. The van der Waals surface area contributed by atoms with Crippen molar-refractivity contribution in [2.45, 2.75) is 145 Å². The highest BCUT2D eigenvalue weighted by Crippen LogP contribution is 2.71. The summed E-state index contributed by atoms with van der Waals surface area (Å²) < 4.78 is 572. The van der Waals surface area contributed by atoms with Gasteiger partial charge in [-0.15, -0.1) is 0 Å². The van der Waals surface area contributed by atoms with Crippen molar-refractivity contribution in [3.05, 3.63) is 29.3 Å². The van der Waals surface area contributed by atoms with Gasteiger partial charge in [0.05, 0.1) is 11.3 Å². The van der Waals surface area contributed by atoms with Crippen LogP contribution in [-0.4, -0.2) is 137 Å². The van der Waals surface area contributed by atoms with E-state index in [1.54, 1.807) is 0 Å². The Bertz CT molecular complexity index is 2390. The highest BCUT2D eigenvalue weighted by molar-refractivity contribution is 6.00. The second-order valence-corrected chi connectivity index (χ2v) is 15.3. The quantitative estimate of drug-likeness (QED) is 0.0674. The number of halogens is 41. The van der Waals surface area contributed by atoms with E-state index >= 15 is 0 Å². The Morgan fingerprint density at radius 3 is 0.844 bits per heavy atom. The first-order chi connectivity index (χ1) is 33.0. The monoisotopic (exact) mass is 1240 g/mol. The molecule has 1 unspecified atom stereocenters. The summed E-state index contributed by atoms with van der Waals surface area (Å²) in [5.74, 6) is -192. The lowest BCUT2D eigenvalue weighted by atomic mass is 9.81. The highest BCUT2D eigenvalue weighted by Gasteiger charge is 3.03. The van der Waals surface area contributed by atoms with E-state index in [1.165, 1.54) is 0 Å². The normalized spacial score (nSPS) is 16.6. The first-order valence-electron chi connectivity index (χ1n) is 17.7. The average molecular weight is 1240 g/mol. The van der Waals surface area contributed by atoms with Gasteiger partial charge in [0.25, 0.3) is 5.91 Å². The lowest BCUT2D eigenvalue weighted by Gasteiger charge is -2.47. The number of benzene rings is 1. The van der Waals surface area contributed by atoms with Gasteiger partial charge in [-0.3, -0.25) is 4.79 Å². The Hall–Kier alpha value is -4.80. The van der Waals surface area contributed by atoms with Crippen molar-refractivity contribution in [1.82, 2.24) is 5.32 Å². The van der Waals surface area contributed by atoms with Crippen molar-refractivity contribution >= 4 is 17.7 Å². The summed E-state index contributed by atoms with van der Waals surface area (Å²) in [4.78, 5) is 25.9. The summed E-state index contributed by atoms with van der Waals surface area (Å²) in [6, 6.07) is -0.484. The fourth-order valence-corrected chi connectivity index (χ4v) is 5.51. The molecule has 1 rings (SSSR count). The molecular formula is C32H13F41N2O2. The molecule has 1 atom stereocenters. The van der Waals surface area contributed by atoms with Crippen LogP contribution in [0.2, 0.25) is 0 Å². The molecule has 0 aliphatic heterocycles. The average Bonchev–Trinajstić information content (AvgIpc) is 3.21. The van der Waals surface area contributed by atoms with E-state index in [2.05, 4.69) is 4.99 Å². The van der Waals surface area contributed by atoms with Crippen molar-refractivity contribution < 1.29 is 190 Å². The molecule has 4 nitrogen and oxygen atoms in total. The molecular weight excluding hydrogens is 1220 g/mol. The molecule has 0 saturated heterocycles. The summed E-state index contributed by atoms with van der Waals surface area (Å²) >= 11 is 0. The first-order valence-corrected chi connectivity index (χ1v) is 17.7. The van der Waals surface area contributed by atoms with Gasteiger partial charge >= 0.3 is 119 Å². The van der Waals surface area contributed by atoms with Gasteiger partial charge in [0.15, 0.2) is 0 Å². The molecule has 0 bridgehead atoms. The second kappa shape index (κ2) is 18.6. The van der Waals surface area contributed by atoms with Gasteiger partial charge in [-0.1, -0.05) is 12.1 Å². The molecule has 0 aliphatic carbocycles. The fraction of sp³-hybridized carbons (Fsp3) is 0.750. The zero-order valence-corrected chi connectivity index (χ0v) is 34.8. The van der Waals surface area contributed by atoms with Crippen LogP contribution < -0.4 is 5.32 Å². The third-order valence-electron chi connectivity index (χ3n) is 10.1. The molecule has 77 heavy (non-hydrogen) atoms. The standard InChI is InChI=1S/C32H13F41N2O2/c1-8-4-3-5-10(74-7-76)11(8)12(77)75-9(2)6-13(33,34)14(35,36)15(37,38)16(39,40)17(41,42)18(43,44)19(45,46)20(47,48)21(49,50)22(51,52)23(53,54)24(55,56)25(57,58)26(59,60)27(61,62)28(63,64)29(65,66)30(67,68)31(69,70)32(71,72)73/h3-5,9H,6H2,1-2H3,(H,75,77). The molecule has 1 N–H and O–H groups in total. The number of carbonyl (C=O) groups excluding carboxylic acids is 2. The first kappa shape index (κ1) is 70.2. The maximum atomic E-state index is 14.6. The van der Waals surface area contributed by atoms with Gasteiger partial charge in [0.1, 0.15) is 0 Å². The number of hydrogen-bond acceptors (Lipinski definition) is 3. The SMILES string of the molecule is Cc1cccc(N=C=O)c1C(=O)NC(C)CC(F)(F)C(F)(F)C(F)(F)C(F)(F)C(F)(F)C(F)(F)C(F)(F)C(F)(F)C(F)(F)C(F)(F)C(F)(F)C(F)(F)C(F)(F)C(F)(F)C(F)(F)C(F)(F)C(F)(F)C(F)(F)C(F)(F)C(F)(F)F. The number of hydrogen-bond donors (Lipinski definition) is 1. The van der Waals surface area contributed by atoms with Crippen molar-refractivity contribution in [1.29, 1.82) is 0 Å². The zero-order valence-electron chi connectivity index (χ0n) is 34.8. The van der Waals surface area contributed by atoms with Crippen molar-refractivity contribution in [2.24, 2.45) is 4.99 Å². The molecule has 0 aromatic heterocycles. The van der Waals surface area contributed by atoms with Crippen LogP contribution >= 0.6 is 0 Å². The molecule has 1 aromatic carbocycles. The predicted octanol–water partition coefficient (Wildman–Crippen LogP) is 15.1. The molecule has 450 valence electrons. The van der Waals surface area contributed by atoms with Crippen LogP contribution in [0.4, 0.5) is 186 Å². The molecule has 1 aromatic rings. The third-order valence-corrected chi connectivity index (χ3v) is 10.1. The predicted molar refractivity (Wildman–Crippen MR) is 161 cm³/mol. The van der Waals surface area contributed by atoms with E-state index in [0.29, 0.717) is 6.07 Å². The number of carbonyl (C=O) groups is 1. The van der Waals surface area contributed by atoms with E-state index in [-0.39, 0.29) is 12.5 Å². The van der Waals surface area contributed by atoms with Crippen molar-refractivity contribution in [3.63, 3.8) is 0 Å². The topological polar surface area (TPSA) is 58.5 Å². The van der Waals surface area contributed by atoms with Crippen LogP contribution in [0.3, 0.4) is 0 Å². The van der Waals surface area contributed by atoms with Gasteiger partial charge < -0.3 is 5.32 Å². The Labute approximate surface area is 392 Å². The summed E-state index contributed by atoms with van der Waals surface area (Å²) in [5.41, 5.74) is -2.17. The lowest BCUT2D eigenvalue weighted by molar-refractivity contribution is -0.495. The minimum absolute atomic E-state index is 0.0662. The van der Waals surface area contributed by atoms with Gasteiger partial charge in [-0.25, -0.2) is 4.79 Å². The largest absolute Gasteiger partial charge is 0.460 e. The van der Waals surface area contributed by atoms with E-state index in [4.69, 9.17) is 0 Å². The van der Waals surface area contributed by atoms with Gasteiger partial charge in [0.2, 0.25) is 6.08 Å². The van der Waals surface area contributed by atoms with Crippen LogP contribution in [0, 0.1) is 6.92 Å². The van der Waals surface area contributed by atoms with Crippen LogP contribution in [0.25, 0.3) is 0 Å². The van der Waals surface area contributed by atoms with E-state index < -0.39 is 148 Å². The number of alkyl halides is 41. The zero-order chi connectivity index (χ0) is 62.8. The molecule has 0 heterocycles. The maximum Gasteiger partial charge on any atom is 0.460 e. The number of aryl methyl sites for hydroxylation is 1. The Kier molecular flexibility index (Phi) is 17.0. The maximum absolute atomic E-state index is 14.6. The van der Waals surface area contributed by atoms with Gasteiger partial charge in [-0.2, -0.15) is 185 Å².